The summed E-state index contributed by atoms with van der Waals surface area (Å²) in [6.07, 6.45) is 3.51. The Hall–Kier alpha value is -2.43. The van der Waals surface area contributed by atoms with Crippen LogP contribution in [0.1, 0.15) is 44.1 Å². The summed E-state index contributed by atoms with van der Waals surface area (Å²) in [4.78, 5) is 10.9. The molecule has 0 bridgehead atoms. The molecule has 1 aromatic heterocycles. The number of hydrogen-bond acceptors (Lipinski definition) is 7. The first-order valence-electron chi connectivity index (χ1n) is 9.93. The number of rotatable bonds is 7. The molecular weight excluding hydrogens is 410 g/mol. The molecule has 10 heteroatoms. The zero-order valence-electron chi connectivity index (χ0n) is 17.1. The lowest BCUT2D eigenvalue weighted by Gasteiger charge is -2.22. The van der Waals surface area contributed by atoms with Gasteiger partial charge < -0.3 is 14.8 Å². The maximum absolute atomic E-state index is 13.0. The van der Waals surface area contributed by atoms with Gasteiger partial charge in [0.25, 0.3) is 5.69 Å². The van der Waals surface area contributed by atoms with Crippen molar-refractivity contribution in [2.24, 2.45) is 0 Å². The third-order valence-electron chi connectivity index (χ3n) is 5.26. The molecule has 164 valence electrons. The molecule has 2 aromatic rings. The van der Waals surface area contributed by atoms with Crippen molar-refractivity contribution >= 4 is 21.4 Å². The molecular formula is C20H27N3O6S. The van der Waals surface area contributed by atoms with Gasteiger partial charge >= 0.3 is 0 Å². The minimum Gasteiger partial charge on any atom is -0.463 e. The van der Waals surface area contributed by atoms with E-state index in [-0.39, 0.29) is 22.8 Å². The van der Waals surface area contributed by atoms with Crippen LogP contribution in [-0.4, -0.2) is 42.4 Å². The monoisotopic (exact) mass is 437 g/mol. The number of aryl methyl sites for hydroxylation is 1. The summed E-state index contributed by atoms with van der Waals surface area (Å²) >= 11 is 0. The van der Waals surface area contributed by atoms with Crippen molar-refractivity contribution in [2.45, 2.75) is 50.0 Å². The van der Waals surface area contributed by atoms with E-state index >= 15 is 0 Å². The highest BCUT2D eigenvalue weighted by Crippen LogP contribution is 2.31. The molecule has 1 aromatic carbocycles. The molecule has 0 radical (unpaired) electrons. The first-order valence-corrected chi connectivity index (χ1v) is 11.4. The second-order valence-corrected chi connectivity index (χ2v) is 9.73. The maximum Gasteiger partial charge on any atom is 0.293 e. The van der Waals surface area contributed by atoms with Gasteiger partial charge in [-0.2, -0.15) is 4.31 Å². The molecule has 1 unspecified atom stereocenters. The molecule has 1 atom stereocenters. The summed E-state index contributed by atoms with van der Waals surface area (Å²) in [6.45, 7) is 4.06. The Labute approximate surface area is 175 Å². The number of nitro groups is 1. The summed E-state index contributed by atoms with van der Waals surface area (Å²) in [6, 6.07) is 7.17. The molecule has 9 nitrogen and oxygen atoms in total. The number of furan rings is 1. The summed E-state index contributed by atoms with van der Waals surface area (Å²) < 4.78 is 32.8. The Kier molecular flexibility index (Phi) is 6.49. The first-order chi connectivity index (χ1) is 14.1. The minimum absolute atomic E-state index is 0.0565. The van der Waals surface area contributed by atoms with Crippen LogP contribution in [0.5, 0.6) is 0 Å². The van der Waals surface area contributed by atoms with Crippen LogP contribution in [0.15, 0.2) is 39.6 Å². The number of sulfonamides is 1. The van der Waals surface area contributed by atoms with Crippen molar-refractivity contribution in [1.29, 1.82) is 0 Å². The van der Waals surface area contributed by atoms with E-state index in [1.54, 1.807) is 19.1 Å². The van der Waals surface area contributed by atoms with Crippen LogP contribution in [0.3, 0.4) is 0 Å². The molecule has 3 rings (SSSR count). The van der Waals surface area contributed by atoms with Crippen LogP contribution in [0.4, 0.5) is 11.4 Å². The van der Waals surface area contributed by atoms with Gasteiger partial charge in [0.2, 0.25) is 10.0 Å². The van der Waals surface area contributed by atoms with Gasteiger partial charge in [-0.15, -0.1) is 0 Å². The van der Waals surface area contributed by atoms with Crippen LogP contribution in [0.25, 0.3) is 0 Å². The van der Waals surface area contributed by atoms with Crippen LogP contribution < -0.4 is 5.32 Å². The topological polar surface area (TPSA) is 126 Å². The molecule has 0 spiro atoms. The maximum atomic E-state index is 13.0. The molecule has 1 saturated heterocycles. The molecule has 1 aliphatic rings. The van der Waals surface area contributed by atoms with Gasteiger partial charge in [0, 0.05) is 19.2 Å². The zero-order chi connectivity index (χ0) is 21.9. The van der Waals surface area contributed by atoms with E-state index in [1.807, 2.05) is 0 Å². The Morgan fingerprint density at radius 2 is 1.87 bits per heavy atom. The Morgan fingerprint density at radius 1 is 1.20 bits per heavy atom. The van der Waals surface area contributed by atoms with E-state index in [1.165, 1.54) is 23.4 Å². The van der Waals surface area contributed by atoms with Crippen LogP contribution in [-0.2, 0) is 15.6 Å². The summed E-state index contributed by atoms with van der Waals surface area (Å²) in [5.74, 6) is 0.967. The largest absolute Gasteiger partial charge is 0.463 e. The van der Waals surface area contributed by atoms with E-state index in [2.05, 4.69) is 5.32 Å². The lowest BCUT2D eigenvalue weighted by Crippen LogP contribution is -2.32. The number of nitrogens with one attached hydrogen (secondary N) is 1. The number of hydrogen-bond donors (Lipinski definition) is 2. The predicted octanol–water partition coefficient (Wildman–Crippen LogP) is 3.38. The van der Waals surface area contributed by atoms with Gasteiger partial charge in [0.15, 0.2) is 0 Å². The average Bonchev–Trinajstić information content (AvgIpc) is 2.96. The van der Waals surface area contributed by atoms with Crippen molar-refractivity contribution in [3.8, 4) is 0 Å². The number of aliphatic hydroxyl groups is 1. The lowest BCUT2D eigenvalue weighted by molar-refractivity contribution is -0.384. The molecule has 1 aliphatic heterocycles. The Bertz CT molecular complexity index is 1010. The van der Waals surface area contributed by atoms with Gasteiger partial charge in [-0.3, -0.25) is 10.1 Å². The fourth-order valence-corrected chi connectivity index (χ4v) is 5.02. The van der Waals surface area contributed by atoms with Crippen LogP contribution in [0.2, 0.25) is 0 Å². The van der Waals surface area contributed by atoms with Gasteiger partial charge in [0.05, 0.1) is 16.4 Å². The number of nitrogens with zero attached hydrogens (tertiary/aromatic N) is 2. The van der Waals surface area contributed by atoms with Gasteiger partial charge in [-0.1, -0.05) is 12.8 Å². The summed E-state index contributed by atoms with van der Waals surface area (Å²) in [5, 5.41) is 25.1. The SMILES string of the molecule is Cc1ccc(C(C)(O)CNc2ccc(S(=O)(=O)N3CCCCCC3)cc2[N+](=O)[O-])o1. The van der Waals surface area contributed by atoms with E-state index in [0.29, 0.717) is 24.6 Å². The van der Waals surface area contributed by atoms with E-state index in [9.17, 15) is 23.6 Å². The quantitative estimate of drug-likeness (QED) is 0.502. The standard InChI is InChI=1S/C20H27N3O6S/c1-15-7-10-19(29-15)20(2,24)14-21-17-9-8-16(13-18(17)23(25)26)30(27,28)22-11-5-3-4-6-12-22/h7-10,13,21,24H,3-6,11-12,14H2,1-2H3. The number of nitro benzene ring substituents is 1. The number of benzene rings is 1. The van der Waals surface area contributed by atoms with Crippen LogP contribution in [0, 0.1) is 17.0 Å². The Balaban J connectivity index is 1.84. The van der Waals surface area contributed by atoms with E-state index in [4.69, 9.17) is 4.42 Å². The summed E-state index contributed by atoms with van der Waals surface area (Å²) in [7, 11) is -3.80. The number of anilines is 1. The van der Waals surface area contributed by atoms with Gasteiger partial charge in [0.1, 0.15) is 22.8 Å². The zero-order valence-corrected chi connectivity index (χ0v) is 17.9. The van der Waals surface area contributed by atoms with E-state index in [0.717, 1.165) is 31.7 Å². The second kappa shape index (κ2) is 8.75. The third-order valence-corrected chi connectivity index (χ3v) is 7.16. The molecule has 2 N–H and O–H groups in total. The van der Waals surface area contributed by atoms with E-state index < -0.39 is 20.5 Å². The van der Waals surface area contributed by atoms with Crippen LogP contribution >= 0.6 is 0 Å². The lowest BCUT2D eigenvalue weighted by atomic mass is 10.0. The highest BCUT2D eigenvalue weighted by molar-refractivity contribution is 7.89. The highest BCUT2D eigenvalue weighted by atomic mass is 32.2. The smallest absolute Gasteiger partial charge is 0.293 e. The average molecular weight is 438 g/mol. The van der Waals surface area contributed by atoms with Gasteiger partial charge in [-0.05, 0) is 51.0 Å². The van der Waals surface area contributed by atoms with Crippen molar-refractivity contribution in [3.63, 3.8) is 0 Å². The highest BCUT2D eigenvalue weighted by Gasteiger charge is 2.30. The molecule has 2 heterocycles. The fraction of sp³-hybridized carbons (Fsp3) is 0.500. The molecule has 30 heavy (non-hydrogen) atoms. The fourth-order valence-electron chi connectivity index (χ4n) is 3.48. The minimum atomic E-state index is -3.80. The Morgan fingerprint density at radius 3 is 2.43 bits per heavy atom. The first kappa shape index (κ1) is 22.3. The molecule has 0 aliphatic carbocycles. The predicted molar refractivity (Wildman–Crippen MR) is 112 cm³/mol. The normalized spacial score (nSPS) is 17.8. The molecule has 0 saturated carbocycles. The molecule has 1 fully saturated rings. The van der Waals surface area contributed by atoms with Crippen molar-refractivity contribution in [2.75, 3.05) is 25.0 Å². The second-order valence-electron chi connectivity index (χ2n) is 7.79. The van der Waals surface area contributed by atoms with Crippen molar-refractivity contribution < 1.29 is 22.9 Å². The molecule has 0 amide bonds. The third kappa shape index (κ3) is 4.82. The van der Waals surface area contributed by atoms with Gasteiger partial charge in [-0.25, -0.2) is 8.42 Å². The summed E-state index contributed by atoms with van der Waals surface area (Å²) in [5.41, 5.74) is -1.64. The van der Waals surface area contributed by atoms with Crippen molar-refractivity contribution in [3.05, 3.63) is 52.0 Å². The van der Waals surface area contributed by atoms with Crippen molar-refractivity contribution in [1.82, 2.24) is 4.31 Å².